The van der Waals surface area contributed by atoms with Gasteiger partial charge in [0, 0.05) is 5.56 Å². The Kier molecular flexibility index (Phi) is 4.30. The molecule has 0 saturated heterocycles. The van der Waals surface area contributed by atoms with Crippen LogP contribution in [0.15, 0.2) is 12.1 Å². The summed E-state index contributed by atoms with van der Waals surface area (Å²) in [6.07, 6.45) is -2.15. The molecule has 0 amide bonds. The van der Waals surface area contributed by atoms with Crippen molar-refractivity contribution >= 4 is 5.78 Å². The molecule has 6 heteroatoms. The molecule has 0 aliphatic carbocycles. The lowest BCUT2D eigenvalue weighted by Crippen LogP contribution is -2.12. The van der Waals surface area contributed by atoms with Gasteiger partial charge in [0.2, 0.25) is 5.75 Å². The number of rotatable bonds is 5. The minimum atomic E-state index is -1.71. The molecule has 3 N–H and O–H groups in total. The summed E-state index contributed by atoms with van der Waals surface area (Å²) in [5, 5.41) is 27.0. The van der Waals surface area contributed by atoms with Crippen LogP contribution in [0.1, 0.15) is 16.8 Å². The standard InChI is InChI=1S/C11H14O6/c1-16-8-3-6(7(12)5-10(13)14)4-9(17-2)11(8)15/h3-4,10,13-15H,5H2,1-2H3. The molecule has 0 unspecified atom stereocenters. The second-order valence-corrected chi connectivity index (χ2v) is 3.34. The van der Waals surface area contributed by atoms with Crippen molar-refractivity contribution in [3.8, 4) is 17.2 Å². The van der Waals surface area contributed by atoms with E-state index in [4.69, 9.17) is 19.7 Å². The number of phenolic OH excluding ortho intramolecular Hbond substituents is 1. The van der Waals surface area contributed by atoms with Crippen molar-refractivity contribution in [2.24, 2.45) is 0 Å². The number of phenols is 1. The SMILES string of the molecule is COc1cc(C(=O)CC(O)O)cc(OC)c1O. The highest BCUT2D eigenvalue weighted by Crippen LogP contribution is 2.37. The highest BCUT2D eigenvalue weighted by atomic mass is 16.5. The molecule has 0 heterocycles. The number of Topliss-reactive ketones (excluding diaryl/α,β-unsaturated/α-hetero) is 1. The first-order valence-corrected chi connectivity index (χ1v) is 4.84. The third-order valence-corrected chi connectivity index (χ3v) is 2.17. The molecule has 0 aliphatic heterocycles. The third-order valence-electron chi connectivity index (χ3n) is 2.17. The van der Waals surface area contributed by atoms with E-state index in [1.807, 2.05) is 0 Å². The van der Waals surface area contributed by atoms with Gasteiger partial charge in [-0.15, -0.1) is 0 Å². The van der Waals surface area contributed by atoms with E-state index in [0.29, 0.717) is 0 Å². The number of aliphatic hydroxyl groups excluding tert-OH is 1. The number of ether oxygens (including phenoxy) is 2. The predicted octanol–water partition coefficient (Wildman–Crippen LogP) is 0.293. The van der Waals surface area contributed by atoms with Crippen molar-refractivity contribution in [3.05, 3.63) is 17.7 Å². The molecule has 1 aromatic rings. The highest BCUT2D eigenvalue weighted by Gasteiger charge is 2.17. The molecule has 0 bridgehead atoms. The molecule has 0 spiro atoms. The fourth-order valence-corrected chi connectivity index (χ4v) is 1.34. The van der Waals surface area contributed by atoms with Crippen LogP contribution in [-0.2, 0) is 0 Å². The largest absolute Gasteiger partial charge is 0.502 e. The van der Waals surface area contributed by atoms with Crippen LogP contribution in [0.5, 0.6) is 17.2 Å². The summed E-state index contributed by atoms with van der Waals surface area (Å²) in [4.78, 5) is 11.6. The number of methoxy groups -OCH3 is 2. The maximum absolute atomic E-state index is 11.6. The van der Waals surface area contributed by atoms with Gasteiger partial charge in [-0.05, 0) is 12.1 Å². The maximum atomic E-state index is 11.6. The molecular weight excluding hydrogens is 228 g/mol. The molecule has 94 valence electrons. The first-order chi connectivity index (χ1) is 7.99. The minimum Gasteiger partial charge on any atom is -0.502 e. The lowest BCUT2D eigenvalue weighted by atomic mass is 10.1. The molecule has 0 fully saturated rings. The lowest BCUT2D eigenvalue weighted by Gasteiger charge is -2.11. The number of hydrogen-bond acceptors (Lipinski definition) is 6. The number of ketones is 1. The van der Waals surface area contributed by atoms with Gasteiger partial charge < -0.3 is 24.8 Å². The Labute approximate surface area is 98.0 Å². The molecular formula is C11H14O6. The van der Waals surface area contributed by atoms with Gasteiger partial charge >= 0.3 is 0 Å². The Morgan fingerprint density at radius 3 is 2.06 bits per heavy atom. The molecule has 0 atom stereocenters. The molecule has 0 aromatic heterocycles. The van der Waals surface area contributed by atoms with Gasteiger partial charge in [-0.25, -0.2) is 0 Å². The van der Waals surface area contributed by atoms with E-state index in [-0.39, 0.29) is 22.8 Å². The van der Waals surface area contributed by atoms with Crippen LogP contribution < -0.4 is 9.47 Å². The van der Waals surface area contributed by atoms with Crippen molar-refractivity contribution in [2.45, 2.75) is 12.7 Å². The van der Waals surface area contributed by atoms with Gasteiger partial charge in [0.15, 0.2) is 23.6 Å². The Morgan fingerprint density at radius 2 is 1.71 bits per heavy atom. The van der Waals surface area contributed by atoms with Gasteiger partial charge in [0.25, 0.3) is 0 Å². The van der Waals surface area contributed by atoms with Crippen LogP contribution >= 0.6 is 0 Å². The lowest BCUT2D eigenvalue weighted by molar-refractivity contribution is -0.0389. The Bertz CT molecular complexity index is 387. The van der Waals surface area contributed by atoms with Gasteiger partial charge in [-0.3, -0.25) is 4.79 Å². The second-order valence-electron chi connectivity index (χ2n) is 3.34. The van der Waals surface area contributed by atoms with E-state index < -0.39 is 18.5 Å². The first kappa shape index (κ1) is 13.3. The van der Waals surface area contributed by atoms with Crippen molar-refractivity contribution < 1.29 is 29.6 Å². The van der Waals surface area contributed by atoms with E-state index in [1.54, 1.807) is 0 Å². The average Bonchev–Trinajstić information content (AvgIpc) is 2.28. The smallest absolute Gasteiger partial charge is 0.200 e. The molecule has 0 aliphatic rings. The number of aromatic hydroxyl groups is 1. The van der Waals surface area contributed by atoms with Crippen molar-refractivity contribution in [3.63, 3.8) is 0 Å². The quantitative estimate of drug-likeness (QED) is 0.507. The average molecular weight is 242 g/mol. The second kappa shape index (κ2) is 5.51. The summed E-state index contributed by atoms with van der Waals surface area (Å²) in [7, 11) is 2.67. The van der Waals surface area contributed by atoms with Crippen LogP contribution in [0.2, 0.25) is 0 Å². The van der Waals surface area contributed by atoms with Gasteiger partial charge in [-0.2, -0.15) is 0 Å². The summed E-state index contributed by atoms with van der Waals surface area (Å²) in [5.74, 6) is -0.534. The maximum Gasteiger partial charge on any atom is 0.200 e. The summed E-state index contributed by atoms with van der Waals surface area (Å²) < 4.78 is 9.75. The fraction of sp³-hybridized carbons (Fsp3) is 0.364. The Balaban J connectivity index is 3.12. The van der Waals surface area contributed by atoms with Crippen LogP contribution in [0.4, 0.5) is 0 Å². The Hall–Kier alpha value is -1.79. The van der Waals surface area contributed by atoms with Crippen LogP contribution in [0.25, 0.3) is 0 Å². The van der Waals surface area contributed by atoms with Gasteiger partial charge in [0.1, 0.15) is 0 Å². The molecule has 1 rings (SSSR count). The topological polar surface area (TPSA) is 96.2 Å². The van der Waals surface area contributed by atoms with E-state index >= 15 is 0 Å². The molecule has 17 heavy (non-hydrogen) atoms. The van der Waals surface area contributed by atoms with Gasteiger partial charge in [0.05, 0.1) is 20.6 Å². The summed E-state index contributed by atoms with van der Waals surface area (Å²) in [6.45, 7) is 0. The minimum absolute atomic E-state index is 0.0835. The molecule has 0 radical (unpaired) electrons. The zero-order valence-corrected chi connectivity index (χ0v) is 9.51. The van der Waals surface area contributed by atoms with Crippen molar-refractivity contribution in [2.75, 3.05) is 14.2 Å². The van der Waals surface area contributed by atoms with E-state index in [1.165, 1.54) is 26.4 Å². The monoisotopic (exact) mass is 242 g/mol. The van der Waals surface area contributed by atoms with E-state index in [0.717, 1.165) is 0 Å². The number of carbonyl (C=O) groups is 1. The third kappa shape index (κ3) is 3.08. The predicted molar refractivity (Wildman–Crippen MR) is 58.4 cm³/mol. The number of hydrogen-bond donors (Lipinski definition) is 3. The summed E-state index contributed by atoms with van der Waals surface area (Å²) >= 11 is 0. The zero-order valence-electron chi connectivity index (χ0n) is 9.51. The van der Waals surface area contributed by atoms with Crippen LogP contribution in [0.3, 0.4) is 0 Å². The fourth-order valence-electron chi connectivity index (χ4n) is 1.34. The first-order valence-electron chi connectivity index (χ1n) is 4.84. The Morgan fingerprint density at radius 1 is 1.24 bits per heavy atom. The van der Waals surface area contributed by atoms with E-state index in [9.17, 15) is 9.90 Å². The molecule has 1 aromatic carbocycles. The molecule has 6 nitrogen and oxygen atoms in total. The van der Waals surface area contributed by atoms with Crippen LogP contribution in [0, 0.1) is 0 Å². The van der Waals surface area contributed by atoms with E-state index in [2.05, 4.69) is 0 Å². The number of carbonyl (C=O) groups excluding carboxylic acids is 1. The van der Waals surface area contributed by atoms with Crippen molar-refractivity contribution in [1.29, 1.82) is 0 Å². The van der Waals surface area contributed by atoms with Gasteiger partial charge in [-0.1, -0.05) is 0 Å². The number of benzene rings is 1. The zero-order chi connectivity index (χ0) is 13.0. The van der Waals surface area contributed by atoms with Crippen molar-refractivity contribution in [1.82, 2.24) is 0 Å². The highest BCUT2D eigenvalue weighted by molar-refractivity contribution is 5.97. The summed E-state index contributed by atoms with van der Waals surface area (Å²) in [5.41, 5.74) is 0.171. The van der Waals surface area contributed by atoms with Crippen LogP contribution in [-0.4, -0.2) is 41.6 Å². The molecule has 0 saturated carbocycles. The summed E-state index contributed by atoms with van der Waals surface area (Å²) in [6, 6.07) is 2.62. The number of aliphatic hydroxyl groups is 2. The normalized spacial score (nSPS) is 10.4.